The highest BCUT2D eigenvalue weighted by Gasteiger charge is 2.59. The summed E-state index contributed by atoms with van der Waals surface area (Å²) in [6.45, 7) is 5.21. The highest BCUT2D eigenvalue weighted by Crippen LogP contribution is 2.39. The number of hydrogen-bond acceptors (Lipinski definition) is 8. The van der Waals surface area contributed by atoms with Crippen LogP contribution in [0.1, 0.15) is 20.8 Å². The molecule has 31 heavy (non-hydrogen) atoms. The summed E-state index contributed by atoms with van der Waals surface area (Å²) in [4.78, 5) is 12.7. The predicted molar refractivity (Wildman–Crippen MR) is 110 cm³/mol. The van der Waals surface area contributed by atoms with E-state index in [1.165, 1.54) is 38.5 Å². The number of ether oxygens (including phenoxy) is 5. The molecule has 170 valence electrons. The Hall–Kier alpha value is -2.16. The Labute approximate surface area is 182 Å². The quantitative estimate of drug-likeness (QED) is 0.467. The molecule has 3 rings (SSSR count). The van der Waals surface area contributed by atoms with Gasteiger partial charge in [-0.2, -0.15) is 4.31 Å². The smallest absolute Gasteiger partial charge is 0.327 e. The molecule has 2 unspecified atom stereocenters. The molecule has 0 aromatic heterocycles. The molecule has 1 aromatic rings. The highest BCUT2D eigenvalue weighted by atomic mass is 32.2. The lowest BCUT2D eigenvalue weighted by Gasteiger charge is -2.41. The molecule has 0 N–H and O–H groups in total. The Morgan fingerprint density at radius 3 is 2.42 bits per heavy atom. The molecule has 9 nitrogen and oxygen atoms in total. The van der Waals surface area contributed by atoms with Crippen LogP contribution in [0.5, 0.6) is 5.75 Å². The molecule has 2 heterocycles. The molecule has 0 spiro atoms. The van der Waals surface area contributed by atoms with Gasteiger partial charge in [0, 0.05) is 13.7 Å². The Balaban J connectivity index is 1.95. The van der Waals surface area contributed by atoms with Crippen LogP contribution in [0.3, 0.4) is 0 Å². The van der Waals surface area contributed by atoms with Gasteiger partial charge in [0.15, 0.2) is 11.8 Å². The van der Waals surface area contributed by atoms with Crippen LogP contribution in [-0.2, 0) is 33.8 Å². The van der Waals surface area contributed by atoms with Crippen molar-refractivity contribution in [1.82, 2.24) is 4.31 Å². The fraction of sp³-hybridized carbons (Fsp3) is 0.571. The topological polar surface area (TPSA) is 101 Å². The summed E-state index contributed by atoms with van der Waals surface area (Å²) >= 11 is 0. The van der Waals surface area contributed by atoms with Gasteiger partial charge >= 0.3 is 5.97 Å². The van der Waals surface area contributed by atoms with Crippen molar-refractivity contribution < 1.29 is 36.9 Å². The van der Waals surface area contributed by atoms with Gasteiger partial charge in [-0.1, -0.05) is 5.92 Å². The first-order valence-corrected chi connectivity index (χ1v) is 11.2. The molecule has 0 aliphatic carbocycles. The highest BCUT2D eigenvalue weighted by molar-refractivity contribution is 7.89. The molecule has 2 aliphatic heterocycles. The number of rotatable bonds is 6. The zero-order chi connectivity index (χ0) is 22.8. The van der Waals surface area contributed by atoms with E-state index in [0.717, 1.165) is 4.31 Å². The van der Waals surface area contributed by atoms with Crippen LogP contribution in [-0.4, -0.2) is 76.2 Å². The molecule has 2 fully saturated rings. The molecular weight excluding hydrogens is 426 g/mol. The van der Waals surface area contributed by atoms with E-state index in [9.17, 15) is 13.2 Å². The SMILES string of the molecule is CC#CCOc1ccc(S(=O)(=O)N2C[C@H](OC)C3OC(C)(C)OC3[C@@H]2C(=O)OC)cc1. The van der Waals surface area contributed by atoms with Crippen molar-refractivity contribution in [2.75, 3.05) is 27.4 Å². The first-order valence-electron chi connectivity index (χ1n) is 9.75. The molecule has 0 bridgehead atoms. The van der Waals surface area contributed by atoms with E-state index in [1.54, 1.807) is 20.8 Å². The van der Waals surface area contributed by atoms with Crippen molar-refractivity contribution in [2.24, 2.45) is 0 Å². The van der Waals surface area contributed by atoms with Crippen molar-refractivity contribution in [3.05, 3.63) is 24.3 Å². The fourth-order valence-corrected chi connectivity index (χ4v) is 5.37. The van der Waals surface area contributed by atoms with Gasteiger partial charge in [-0.05, 0) is 45.0 Å². The standard InChI is InChI=1S/C21H27NO8S/c1-6-7-12-28-14-8-10-15(11-9-14)31(24,25)22-13-16(26-4)18-19(17(22)20(23)27-5)30-21(2,3)29-18/h8-11,16-19H,12-13H2,1-5H3/t16-,17+,18?,19?/m0/s1. The number of esters is 1. The Morgan fingerprint density at radius 2 is 1.84 bits per heavy atom. The summed E-state index contributed by atoms with van der Waals surface area (Å²) < 4.78 is 55.7. The van der Waals surface area contributed by atoms with E-state index < -0.39 is 46.1 Å². The summed E-state index contributed by atoms with van der Waals surface area (Å²) in [6.07, 6.45) is -2.13. The van der Waals surface area contributed by atoms with E-state index >= 15 is 0 Å². The average Bonchev–Trinajstić information content (AvgIpc) is 3.07. The minimum absolute atomic E-state index is 0.00167. The van der Waals surface area contributed by atoms with E-state index in [2.05, 4.69) is 11.8 Å². The Morgan fingerprint density at radius 1 is 1.19 bits per heavy atom. The van der Waals surface area contributed by atoms with Gasteiger partial charge in [-0.3, -0.25) is 4.79 Å². The van der Waals surface area contributed by atoms with Crippen molar-refractivity contribution in [3.8, 4) is 17.6 Å². The van der Waals surface area contributed by atoms with Gasteiger partial charge in [0.2, 0.25) is 10.0 Å². The number of carbonyl (C=O) groups is 1. The molecule has 1 aromatic carbocycles. The first kappa shape index (κ1) is 23.5. The van der Waals surface area contributed by atoms with Gasteiger partial charge in [0.25, 0.3) is 0 Å². The van der Waals surface area contributed by atoms with Gasteiger partial charge < -0.3 is 23.7 Å². The third-order valence-electron chi connectivity index (χ3n) is 5.17. The lowest BCUT2D eigenvalue weighted by molar-refractivity contribution is -0.160. The molecule has 0 amide bonds. The Kier molecular flexibility index (Phi) is 6.93. The maximum absolute atomic E-state index is 13.5. The van der Waals surface area contributed by atoms with Crippen LogP contribution in [0.2, 0.25) is 0 Å². The number of fused-ring (bicyclic) bond motifs is 1. The Bertz CT molecular complexity index is 963. The molecule has 2 aliphatic rings. The van der Waals surface area contributed by atoms with Crippen molar-refractivity contribution in [2.45, 2.75) is 55.8 Å². The maximum atomic E-state index is 13.5. The molecule has 2 saturated heterocycles. The van der Waals surface area contributed by atoms with Crippen LogP contribution in [0, 0.1) is 11.8 Å². The average molecular weight is 454 g/mol. The lowest BCUT2D eigenvalue weighted by atomic mass is 9.96. The number of carbonyl (C=O) groups excluding carboxylic acids is 1. The van der Waals surface area contributed by atoms with Crippen molar-refractivity contribution in [1.29, 1.82) is 0 Å². The van der Waals surface area contributed by atoms with Crippen LogP contribution < -0.4 is 4.74 Å². The zero-order valence-electron chi connectivity index (χ0n) is 18.2. The zero-order valence-corrected chi connectivity index (χ0v) is 19.0. The largest absolute Gasteiger partial charge is 0.481 e. The second kappa shape index (κ2) is 9.14. The van der Waals surface area contributed by atoms with Crippen LogP contribution in [0.4, 0.5) is 0 Å². The molecule has 10 heteroatoms. The fourth-order valence-electron chi connectivity index (χ4n) is 3.77. The van der Waals surface area contributed by atoms with Crippen LogP contribution in [0.15, 0.2) is 29.2 Å². The summed E-state index contributed by atoms with van der Waals surface area (Å²) in [5.74, 6) is 4.23. The van der Waals surface area contributed by atoms with E-state index in [1.807, 2.05) is 0 Å². The van der Waals surface area contributed by atoms with E-state index in [-0.39, 0.29) is 18.0 Å². The summed E-state index contributed by atoms with van der Waals surface area (Å²) in [6, 6.07) is 4.69. The first-order chi connectivity index (χ1) is 14.6. The second-order valence-electron chi connectivity index (χ2n) is 7.57. The van der Waals surface area contributed by atoms with Crippen LogP contribution >= 0.6 is 0 Å². The van der Waals surface area contributed by atoms with Crippen LogP contribution in [0.25, 0.3) is 0 Å². The van der Waals surface area contributed by atoms with Gasteiger partial charge in [-0.25, -0.2) is 8.42 Å². The number of hydrogen-bond donors (Lipinski definition) is 0. The number of piperidine rings is 1. The minimum atomic E-state index is -4.09. The molecule has 0 radical (unpaired) electrons. The number of nitrogens with zero attached hydrogens (tertiary/aromatic N) is 1. The monoisotopic (exact) mass is 453 g/mol. The van der Waals surface area contributed by atoms with Gasteiger partial charge in [0.05, 0.1) is 18.1 Å². The van der Waals surface area contributed by atoms with Crippen molar-refractivity contribution in [3.63, 3.8) is 0 Å². The summed E-state index contributed by atoms with van der Waals surface area (Å²) in [7, 11) is -1.43. The number of benzene rings is 1. The molecule has 4 atom stereocenters. The molecular formula is C21H27NO8S. The van der Waals surface area contributed by atoms with E-state index in [0.29, 0.717) is 5.75 Å². The second-order valence-corrected chi connectivity index (χ2v) is 9.46. The minimum Gasteiger partial charge on any atom is -0.481 e. The lowest BCUT2D eigenvalue weighted by Crippen LogP contribution is -2.64. The maximum Gasteiger partial charge on any atom is 0.327 e. The normalized spacial score (nSPS) is 27.6. The predicted octanol–water partition coefficient (Wildman–Crippen LogP) is 1.17. The third-order valence-corrected chi connectivity index (χ3v) is 7.04. The van der Waals surface area contributed by atoms with Crippen molar-refractivity contribution >= 4 is 16.0 Å². The third kappa shape index (κ3) is 4.71. The number of sulfonamides is 1. The van der Waals surface area contributed by atoms with Gasteiger partial charge in [-0.15, -0.1) is 5.92 Å². The number of methoxy groups -OCH3 is 2. The summed E-state index contributed by atoms with van der Waals surface area (Å²) in [5, 5.41) is 0. The van der Waals surface area contributed by atoms with E-state index in [4.69, 9.17) is 23.7 Å². The molecule has 0 saturated carbocycles. The summed E-state index contributed by atoms with van der Waals surface area (Å²) in [5.41, 5.74) is 0. The van der Waals surface area contributed by atoms with Gasteiger partial charge in [0.1, 0.15) is 24.6 Å².